The van der Waals surface area contributed by atoms with Gasteiger partial charge in [0.25, 0.3) is 0 Å². The molecule has 0 aromatic rings. The van der Waals surface area contributed by atoms with E-state index in [4.69, 9.17) is 14.7 Å². The molecule has 22 heteroatoms. The van der Waals surface area contributed by atoms with Crippen molar-refractivity contribution in [3.8, 4) is 0 Å². The van der Waals surface area contributed by atoms with Crippen molar-refractivity contribution in [3.05, 3.63) is 0 Å². The van der Waals surface area contributed by atoms with Crippen molar-refractivity contribution >= 4 is 43.9 Å². The van der Waals surface area contributed by atoms with E-state index < -0.39 is 82.8 Å². The zero-order chi connectivity index (χ0) is 24.9. The van der Waals surface area contributed by atoms with Crippen molar-refractivity contribution in [3.63, 3.8) is 0 Å². The van der Waals surface area contributed by atoms with Crippen LogP contribution in [-0.4, -0.2) is 83.6 Å². The van der Waals surface area contributed by atoms with Crippen LogP contribution in [0.3, 0.4) is 0 Å². The van der Waals surface area contributed by atoms with Gasteiger partial charge in [-0.05, 0) is 7.05 Å². The summed E-state index contributed by atoms with van der Waals surface area (Å²) in [5.74, 6) is -1.11. The molecular weight excluding hydrogens is 546 g/mol. The Morgan fingerprint density at radius 1 is 0.688 bits per heavy atom. The Morgan fingerprint density at radius 2 is 1.06 bits per heavy atom. The third kappa shape index (κ3) is 19.1. The number of phosphoric acid groups is 4. The van der Waals surface area contributed by atoms with Gasteiger partial charge in [-0.3, -0.25) is 31.7 Å². The summed E-state index contributed by atoms with van der Waals surface area (Å²) in [4.78, 5) is 45.5. The van der Waals surface area contributed by atoms with Gasteiger partial charge in [0.15, 0.2) is 0 Å². The second-order valence-electron chi connectivity index (χ2n) is 5.50. The Balaban J connectivity index is 4.23. The van der Waals surface area contributed by atoms with Crippen molar-refractivity contribution in [2.45, 2.75) is 0 Å². The number of hydrogen-bond donors (Lipinski definition) is 7. The molecule has 0 fully saturated rings. The number of thiol groups is 1. The van der Waals surface area contributed by atoms with E-state index in [9.17, 15) is 28.0 Å². The Morgan fingerprint density at radius 3 is 1.44 bits per heavy atom. The maximum Gasteiger partial charge on any atom is 0.473 e. The van der Waals surface area contributed by atoms with Crippen LogP contribution in [0.1, 0.15) is 0 Å². The van der Waals surface area contributed by atoms with E-state index in [0.717, 1.165) is 0 Å². The molecule has 0 aliphatic carbocycles. The van der Waals surface area contributed by atoms with E-state index in [-0.39, 0.29) is 6.54 Å². The first-order valence-corrected chi connectivity index (χ1v) is 15.1. The minimum Gasteiger partial charge on any atom is -0.319 e. The van der Waals surface area contributed by atoms with Gasteiger partial charge in [-0.1, -0.05) is 0 Å². The van der Waals surface area contributed by atoms with Crippen molar-refractivity contribution in [2.24, 2.45) is 5.92 Å². The lowest BCUT2D eigenvalue weighted by atomic mass is 10.2. The van der Waals surface area contributed by atoms with Crippen molar-refractivity contribution in [1.82, 2.24) is 5.32 Å². The largest absolute Gasteiger partial charge is 0.473 e. The van der Waals surface area contributed by atoms with Crippen LogP contribution >= 0.6 is 43.9 Å². The van der Waals surface area contributed by atoms with Crippen LogP contribution in [0.25, 0.3) is 0 Å². The van der Waals surface area contributed by atoms with Gasteiger partial charge < -0.3 is 29.8 Å². The molecule has 194 valence electrons. The van der Waals surface area contributed by atoms with Gasteiger partial charge in [0.1, 0.15) is 5.94 Å². The molecule has 0 aromatic heterocycles. The van der Waals surface area contributed by atoms with Gasteiger partial charge >= 0.3 is 31.3 Å². The molecule has 6 N–H and O–H groups in total. The quantitative estimate of drug-likeness (QED) is 0.0445. The smallest absolute Gasteiger partial charge is 0.319 e. The zero-order valence-electron chi connectivity index (χ0n) is 16.7. The summed E-state index contributed by atoms with van der Waals surface area (Å²) in [5, 5.41) is 2.68. The predicted octanol–water partition coefficient (Wildman–Crippen LogP) is 0.219. The van der Waals surface area contributed by atoms with Crippen molar-refractivity contribution < 1.29 is 74.4 Å². The molecule has 17 nitrogen and oxygen atoms in total. The summed E-state index contributed by atoms with van der Waals surface area (Å²) in [6.07, 6.45) is 0. The van der Waals surface area contributed by atoms with E-state index in [0.29, 0.717) is 0 Å². The van der Waals surface area contributed by atoms with Crippen LogP contribution in [0, 0.1) is 5.92 Å². The summed E-state index contributed by atoms with van der Waals surface area (Å²) in [5.41, 5.74) is 0. The SMILES string of the molecule is CNCC(COP(=O)(O)O)COP(=O)(O)OCCOP(=O)(O)OCCOP(=O)(O)OCS. The lowest BCUT2D eigenvalue weighted by molar-refractivity contribution is 0.0797. The Hall–Kier alpha value is 0.750. The minimum absolute atomic E-state index is 0.129. The molecule has 0 saturated carbocycles. The van der Waals surface area contributed by atoms with Crippen LogP contribution in [0.2, 0.25) is 0 Å². The second kappa shape index (κ2) is 15.7. The monoisotopic (exact) mass is 573 g/mol. The first kappa shape index (κ1) is 32.8. The molecular formula is C10H27NO16P4S. The maximum absolute atomic E-state index is 11.8. The highest BCUT2D eigenvalue weighted by molar-refractivity contribution is 7.80. The van der Waals surface area contributed by atoms with E-state index in [2.05, 4.69) is 49.6 Å². The van der Waals surface area contributed by atoms with Crippen molar-refractivity contribution in [2.75, 3.05) is 59.2 Å². The lowest BCUT2D eigenvalue weighted by Crippen LogP contribution is -2.26. The molecule has 0 aliphatic rings. The van der Waals surface area contributed by atoms with Gasteiger partial charge in [-0.2, -0.15) is 12.6 Å². The minimum atomic E-state index is -4.74. The van der Waals surface area contributed by atoms with Crippen LogP contribution < -0.4 is 5.32 Å². The van der Waals surface area contributed by atoms with Gasteiger partial charge in [-0.15, -0.1) is 0 Å². The molecule has 0 rings (SSSR count). The van der Waals surface area contributed by atoms with E-state index in [1.54, 1.807) is 0 Å². The van der Waals surface area contributed by atoms with E-state index >= 15 is 0 Å². The van der Waals surface area contributed by atoms with Crippen LogP contribution in [0.15, 0.2) is 0 Å². The molecule has 4 atom stereocenters. The Labute approximate surface area is 189 Å². The Kier molecular flexibility index (Phi) is 16.1. The topological polar surface area (TPSA) is 246 Å². The maximum atomic E-state index is 11.8. The summed E-state index contributed by atoms with van der Waals surface area (Å²) in [7, 11) is -16.8. The number of rotatable bonds is 20. The molecule has 32 heavy (non-hydrogen) atoms. The molecule has 0 aromatic carbocycles. The first-order valence-electron chi connectivity index (χ1n) is 8.42. The first-order chi connectivity index (χ1) is 14.6. The zero-order valence-corrected chi connectivity index (χ0v) is 21.2. The number of hydrogen-bond acceptors (Lipinski definition) is 13. The predicted molar refractivity (Wildman–Crippen MR) is 110 cm³/mol. The second-order valence-corrected chi connectivity index (χ2v) is 11.4. The molecule has 0 bridgehead atoms. The summed E-state index contributed by atoms with van der Waals surface area (Å²) in [6.45, 7) is -3.38. The number of phosphoric ester groups is 4. The molecule has 0 spiro atoms. The normalized spacial score (nSPS) is 19.1. The highest BCUT2D eigenvalue weighted by Crippen LogP contribution is 2.47. The third-order valence-electron chi connectivity index (χ3n) is 2.85. The summed E-state index contributed by atoms with van der Waals surface area (Å²) < 4.78 is 76.4. The molecule has 0 radical (unpaired) electrons. The third-order valence-corrected chi connectivity index (χ3v) is 6.63. The highest BCUT2D eigenvalue weighted by Gasteiger charge is 2.27. The van der Waals surface area contributed by atoms with Gasteiger partial charge in [0.05, 0.1) is 39.6 Å². The molecule has 0 aliphatic heterocycles. The van der Waals surface area contributed by atoms with Crippen LogP contribution in [0.5, 0.6) is 0 Å². The fourth-order valence-corrected chi connectivity index (χ4v) is 4.48. The molecule has 0 amide bonds. The van der Waals surface area contributed by atoms with Gasteiger partial charge in [-0.25, -0.2) is 18.3 Å². The highest BCUT2D eigenvalue weighted by atomic mass is 32.1. The summed E-state index contributed by atoms with van der Waals surface area (Å²) in [6, 6.07) is 0. The summed E-state index contributed by atoms with van der Waals surface area (Å²) >= 11 is 3.56. The number of nitrogens with one attached hydrogen (secondary N) is 1. The van der Waals surface area contributed by atoms with Crippen molar-refractivity contribution in [1.29, 1.82) is 0 Å². The van der Waals surface area contributed by atoms with Gasteiger partial charge in [0.2, 0.25) is 0 Å². The molecule has 0 heterocycles. The average Bonchev–Trinajstić information content (AvgIpc) is 2.64. The molecule has 4 unspecified atom stereocenters. The Bertz CT molecular complexity index is 719. The molecule has 0 saturated heterocycles. The fraction of sp³-hybridized carbons (Fsp3) is 1.00. The van der Waals surface area contributed by atoms with Crippen LogP contribution in [-0.2, 0) is 49.9 Å². The van der Waals surface area contributed by atoms with E-state index in [1.807, 2.05) is 0 Å². The lowest BCUT2D eigenvalue weighted by Gasteiger charge is -2.19. The fourth-order valence-electron chi connectivity index (χ4n) is 1.65. The standard InChI is InChI=1S/C10H27NO16P4S/c1-11-6-10(7-25-28(12,13)14)8-26-30(17,18)23-4-2-21-29(15,16)22-3-5-24-31(19,20)27-9-32/h10-11,32H,2-9H2,1H3,(H,15,16)(H,17,18)(H,19,20)(H2,12,13,14). The van der Waals surface area contributed by atoms with Crippen LogP contribution in [0.4, 0.5) is 0 Å². The van der Waals surface area contributed by atoms with E-state index in [1.165, 1.54) is 7.05 Å². The van der Waals surface area contributed by atoms with Gasteiger partial charge in [0, 0.05) is 12.5 Å². The average molecular weight is 573 g/mol.